The topological polar surface area (TPSA) is 79.5 Å². The zero-order valence-electron chi connectivity index (χ0n) is 10.5. The van der Waals surface area contributed by atoms with E-state index < -0.39 is 5.97 Å². The van der Waals surface area contributed by atoms with Gasteiger partial charge in [0.1, 0.15) is 5.01 Å². The van der Waals surface area contributed by atoms with Crippen molar-refractivity contribution in [2.45, 2.75) is 13.5 Å². The molecule has 0 bridgehead atoms. The molecule has 1 aromatic heterocycles. The van der Waals surface area contributed by atoms with Crippen molar-refractivity contribution in [3.8, 4) is 0 Å². The molecular formula is C13H15N3O2S. The Balaban J connectivity index is 2.25. The molecule has 1 heterocycles. The summed E-state index contributed by atoms with van der Waals surface area (Å²) in [6.07, 6.45) is 1.77. The lowest BCUT2D eigenvalue weighted by Crippen LogP contribution is -2.23. The fourth-order valence-electron chi connectivity index (χ4n) is 1.84. The lowest BCUT2D eigenvalue weighted by atomic mass is 10.1. The highest BCUT2D eigenvalue weighted by atomic mass is 32.1. The zero-order valence-corrected chi connectivity index (χ0v) is 11.4. The second kappa shape index (κ2) is 5.71. The number of nitrogens with two attached hydrogens (primary N) is 1. The number of nitrogens with zero attached hydrogens (tertiary/aromatic N) is 2. The Morgan fingerprint density at radius 3 is 2.84 bits per heavy atom. The van der Waals surface area contributed by atoms with Crippen LogP contribution in [0.25, 0.3) is 0 Å². The number of thiazole rings is 1. The summed E-state index contributed by atoms with van der Waals surface area (Å²) in [5.74, 6) is -0.971. The highest BCUT2D eigenvalue weighted by molar-refractivity contribution is 7.09. The number of hydrogen-bond acceptors (Lipinski definition) is 5. The summed E-state index contributed by atoms with van der Waals surface area (Å²) in [6, 6.07) is 4.80. The van der Waals surface area contributed by atoms with Crippen molar-refractivity contribution in [3.63, 3.8) is 0 Å². The van der Waals surface area contributed by atoms with Crippen LogP contribution >= 0.6 is 11.3 Å². The Hall–Kier alpha value is -2.08. The summed E-state index contributed by atoms with van der Waals surface area (Å²) >= 11 is 1.59. The van der Waals surface area contributed by atoms with Gasteiger partial charge in [0.2, 0.25) is 0 Å². The van der Waals surface area contributed by atoms with Crippen LogP contribution in [0, 0.1) is 0 Å². The van der Waals surface area contributed by atoms with E-state index in [-0.39, 0.29) is 5.56 Å². The molecule has 0 saturated heterocycles. The van der Waals surface area contributed by atoms with Crippen LogP contribution in [-0.2, 0) is 6.54 Å². The van der Waals surface area contributed by atoms with E-state index in [1.54, 1.807) is 29.7 Å². The van der Waals surface area contributed by atoms with Gasteiger partial charge in [0.05, 0.1) is 23.5 Å². The number of carboxylic acid groups (broad SMARTS) is 1. The van der Waals surface area contributed by atoms with Crippen LogP contribution in [0.3, 0.4) is 0 Å². The third-order valence-electron chi connectivity index (χ3n) is 2.81. The molecule has 0 aliphatic rings. The van der Waals surface area contributed by atoms with Gasteiger partial charge in [-0.05, 0) is 25.1 Å². The van der Waals surface area contributed by atoms with E-state index in [9.17, 15) is 4.79 Å². The molecule has 0 amide bonds. The first-order valence-electron chi connectivity index (χ1n) is 5.88. The molecule has 5 nitrogen and oxygen atoms in total. The molecule has 2 rings (SSSR count). The maximum atomic E-state index is 10.9. The molecule has 2 aromatic rings. The van der Waals surface area contributed by atoms with Crippen molar-refractivity contribution in [1.29, 1.82) is 0 Å². The lowest BCUT2D eigenvalue weighted by molar-refractivity contribution is 0.0697. The summed E-state index contributed by atoms with van der Waals surface area (Å²) < 4.78 is 0. The Kier molecular flexibility index (Phi) is 4.01. The van der Waals surface area contributed by atoms with E-state index in [0.717, 1.165) is 17.2 Å². The van der Waals surface area contributed by atoms with Crippen molar-refractivity contribution in [3.05, 3.63) is 40.3 Å². The first kappa shape index (κ1) is 13.4. The Morgan fingerprint density at radius 1 is 1.53 bits per heavy atom. The molecule has 19 heavy (non-hydrogen) atoms. The fraction of sp³-hybridized carbons (Fsp3) is 0.231. The van der Waals surface area contributed by atoms with Gasteiger partial charge in [-0.25, -0.2) is 9.78 Å². The van der Waals surface area contributed by atoms with Crippen LogP contribution in [0.2, 0.25) is 0 Å². The van der Waals surface area contributed by atoms with Crippen LogP contribution in [0.15, 0.2) is 29.8 Å². The van der Waals surface area contributed by atoms with E-state index >= 15 is 0 Å². The predicted octanol–water partition coefficient (Wildman–Crippen LogP) is 2.45. The number of nitrogen functional groups attached to an aromatic ring is 1. The SMILES string of the molecule is CCN(Cc1nccs1)c1ccc(C(=O)O)cc1N. The van der Waals surface area contributed by atoms with Gasteiger partial charge in [-0.3, -0.25) is 0 Å². The molecule has 0 saturated carbocycles. The number of aromatic nitrogens is 1. The molecule has 0 spiro atoms. The van der Waals surface area contributed by atoms with Gasteiger partial charge in [-0.15, -0.1) is 11.3 Å². The third kappa shape index (κ3) is 3.03. The van der Waals surface area contributed by atoms with E-state index in [1.807, 2.05) is 12.3 Å². The molecule has 0 aliphatic carbocycles. The minimum Gasteiger partial charge on any atom is -0.478 e. The van der Waals surface area contributed by atoms with E-state index in [0.29, 0.717) is 12.2 Å². The standard InChI is InChI=1S/C13H15N3O2S/c1-2-16(8-12-15-5-6-19-12)11-4-3-9(13(17)18)7-10(11)14/h3-7H,2,8,14H2,1H3,(H,17,18). The van der Waals surface area contributed by atoms with Crippen molar-refractivity contribution in [2.75, 3.05) is 17.2 Å². The molecular weight excluding hydrogens is 262 g/mol. The Morgan fingerprint density at radius 2 is 2.32 bits per heavy atom. The van der Waals surface area contributed by atoms with Crippen LogP contribution in [-0.4, -0.2) is 22.6 Å². The highest BCUT2D eigenvalue weighted by Crippen LogP contribution is 2.26. The molecule has 0 fully saturated rings. The Labute approximate surface area is 115 Å². The second-order valence-electron chi connectivity index (χ2n) is 4.02. The monoisotopic (exact) mass is 277 g/mol. The molecule has 0 radical (unpaired) electrons. The molecule has 6 heteroatoms. The maximum absolute atomic E-state index is 10.9. The summed E-state index contributed by atoms with van der Waals surface area (Å²) in [4.78, 5) is 17.2. The van der Waals surface area contributed by atoms with Crippen molar-refractivity contribution in [2.24, 2.45) is 0 Å². The summed E-state index contributed by atoms with van der Waals surface area (Å²) in [5, 5.41) is 11.9. The van der Waals surface area contributed by atoms with E-state index in [2.05, 4.69) is 9.88 Å². The zero-order chi connectivity index (χ0) is 13.8. The van der Waals surface area contributed by atoms with Crippen molar-refractivity contribution < 1.29 is 9.90 Å². The first-order chi connectivity index (χ1) is 9.11. The van der Waals surface area contributed by atoms with Gasteiger partial charge in [-0.1, -0.05) is 0 Å². The number of anilines is 2. The predicted molar refractivity (Wildman–Crippen MR) is 76.7 cm³/mol. The average Bonchev–Trinajstić information content (AvgIpc) is 2.89. The van der Waals surface area contributed by atoms with E-state index in [1.165, 1.54) is 6.07 Å². The number of carboxylic acids is 1. The molecule has 100 valence electrons. The minimum absolute atomic E-state index is 0.201. The second-order valence-corrected chi connectivity index (χ2v) is 5.00. The molecule has 3 N–H and O–H groups in total. The maximum Gasteiger partial charge on any atom is 0.335 e. The quantitative estimate of drug-likeness (QED) is 0.821. The van der Waals surface area contributed by atoms with Gasteiger partial charge in [0.25, 0.3) is 0 Å². The summed E-state index contributed by atoms with van der Waals surface area (Å²) in [5.41, 5.74) is 7.45. The van der Waals surface area contributed by atoms with Gasteiger partial charge in [0, 0.05) is 18.1 Å². The average molecular weight is 277 g/mol. The normalized spacial score (nSPS) is 10.4. The van der Waals surface area contributed by atoms with E-state index in [4.69, 9.17) is 10.8 Å². The fourth-order valence-corrected chi connectivity index (χ4v) is 2.47. The summed E-state index contributed by atoms with van der Waals surface area (Å²) in [6.45, 7) is 3.47. The van der Waals surface area contributed by atoms with Crippen molar-refractivity contribution >= 4 is 28.7 Å². The molecule has 0 aliphatic heterocycles. The molecule has 1 aromatic carbocycles. The van der Waals surface area contributed by atoms with Gasteiger partial charge < -0.3 is 15.7 Å². The number of aromatic carboxylic acids is 1. The first-order valence-corrected chi connectivity index (χ1v) is 6.76. The van der Waals surface area contributed by atoms with Crippen LogP contribution in [0.5, 0.6) is 0 Å². The number of carbonyl (C=O) groups is 1. The van der Waals surface area contributed by atoms with Gasteiger partial charge >= 0.3 is 5.97 Å². The largest absolute Gasteiger partial charge is 0.478 e. The molecule has 0 unspecified atom stereocenters. The number of benzene rings is 1. The van der Waals surface area contributed by atoms with Crippen LogP contribution in [0.4, 0.5) is 11.4 Å². The van der Waals surface area contributed by atoms with Crippen LogP contribution in [0.1, 0.15) is 22.3 Å². The molecule has 0 atom stereocenters. The third-order valence-corrected chi connectivity index (χ3v) is 3.57. The van der Waals surface area contributed by atoms with Crippen molar-refractivity contribution in [1.82, 2.24) is 4.98 Å². The highest BCUT2D eigenvalue weighted by Gasteiger charge is 2.12. The minimum atomic E-state index is -0.971. The summed E-state index contributed by atoms with van der Waals surface area (Å²) in [7, 11) is 0. The number of hydrogen-bond donors (Lipinski definition) is 2. The van der Waals surface area contributed by atoms with Gasteiger partial charge in [0.15, 0.2) is 0 Å². The number of rotatable bonds is 5. The smallest absolute Gasteiger partial charge is 0.335 e. The lowest BCUT2D eigenvalue weighted by Gasteiger charge is -2.23. The van der Waals surface area contributed by atoms with Gasteiger partial charge in [-0.2, -0.15) is 0 Å². The Bertz CT molecular complexity index is 569. The van der Waals surface area contributed by atoms with Crippen LogP contribution < -0.4 is 10.6 Å².